The Balaban J connectivity index is 1.86. The first-order valence-corrected chi connectivity index (χ1v) is 6.35. The van der Waals surface area contributed by atoms with Crippen molar-refractivity contribution in [2.75, 3.05) is 7.11 Å². The number of benzene rings is 1. The highest BCUT2D eigenvalue weighted by Crippen LogP contribution is 2.38. The molecule has 1 aromatic rings. The zero-order chi connectivity index (χ0) is 11.8. The van der Waals surface area contributed by atoms with Crippen LogP contribution in [0.5, 0.6) is 5.75 Å². The molecule has 1 N–H and O–H groups in total. The number of ether oxygens (including phenoxy) is 1. The van der Waals surface area contributed by atoms with E-state index in [4.69, 9.17) is 4.74 Å². The average Bonchev–Trinajstić information content (AvgIpc) is 2.67. The maximum Gasteiger partial charge on any atom is 0.127 e. The summed E-state index contributed by atoms with van der Waals surface area (Å²) in [5.74, 6) is 0.925. The van der Waals surface area contributed by atoms with E-state index < -0.39 is 0 Å². The van der Waals surface area contributed by atoms with E-state index in [1.54, 1.807) is 13.2 Å². The Kier molecular flexibility index (Phi) is 2.79. The van der Waals surface area contributed by atoms with Gasteiger partial charge in [-0.15, -0.1) is 0 Å². The third-order valence-corrected chi connectivity index (χ3v) is 4.07. The molecule has 0 aliphatic carbocycles. The van der Waals surface area contributed by atoms with Crippen LogP contribution >= 0.6 is 0 Å². The summed E-state index contributed by atoms with van der Waals surface area (Å²) in [6.45, 7) is 0. The molecule has 17 heavy (non-hydrogen) atoms. The molecule has 0 saturated carbocycles. The molecular formula is C14H18FNO. The predicted molar refractivity (Wildman–Crippen MR) is 64.9 cm³/mol. The minimum atomic E-state index is -0.190. The predicted octanol–water partition coefficient (Wildman–Crippen LogP) is 2.83. The van der Waals surface area contributed by atoms with Gasteiger partial charge in [-0.25, -0.2) is 4.39 Å². The van der Waals surface area contributed by atoms with Gasteiger partial charge in [-0.1, -0.05) is 0 Å². The lowest BCUT2D eigenvalue weighted by atomic mass is 9.86. The fourth-order valence-electron chi connectivity index (χ4n) is 3.27. The molecule has 1 aromatic carbocycles. The summed E-state index contributed by atoms with van der Waals surface area (Å²) in [6, 6.07) is 6.36. The SMILES string of the molecule is COc1cc(F)cc(C2CC3CCC(C2)N3)c1. The summed E-state index contributed by atoms with van der Waals surface area (Å²) < 4.78 is 18.6. The molecule has 2 aliphatic heterocycles. The quantitative estimate of drug-likeness (QED) is 0.851. The van der Waals surface area contributed by atoms with Gasteiger partial charge in [-0.2, -0.15) is 0 Å². The largest absolute Gasteiger partial charge is 0.497 e. The molecule has 2 unspecified atom stereocenters. The van der Waals surface area contributed by atoms with Crippen molar-refractivity contribution in [1.82, 2.24) is 5.32 Å². The molecular weight excluding hydrogens is 217 g/mol. The fourth-order valence-corrected chi connectivity index (χ4v) is 3.27. The van der Waals surface area contributed by atoms with Gasteiger partial charge < -0.3 is 10.1 Å². The monoisotopic (exact) mass is 235 g/mol. The molecule has 3 rings (SSSR count). The van der Waals surface area contributed by atoms with Crippen molar-refractivity contribution in [3.8, 4) is 5.75 Å². The molecule has 2 atom stereocenters. The Morgan fingerprint density at radius 1 is 1.18 bits per heavy atom. The molecule has 2 saturated heterocycles. The van der Waals surface area contributed by atoms with E-state index in [1.807, 2.05) is 6.07 Å². The first-order valence-electron chi connectivity index (χ1n) is 6.35. The number of nitrogens with one attached hydrogen (secondary N) is 1. The Morgan fingerprint density at radius 3 is 2.53 bits per heavy atom. The van der Waals surface area contributed by atoms with Crippen LogP contribution in [-0.2, 0) is 0 Å². The van der Waals surface area contributed by atoms with Gasteiger partial charge in [0.15, 0.2) is 0 Å². The van der Waals surface area contributed by atoms with Crippen molar-refractivity contribution in [3.05, 3.63) is 29.6 Å². The fraction of sp³-hybridized carbons (Fsp3) is 0.571. The number of halogens is 1. The van der Waals surface area contributed by atoms with Crippen LogP contribution in [0, 0.1) is 5.82 Å². The summed E-state index contributed by atoms with van der Waals surface area (Å²) in [6.07, 6.45) is 4.80. The van der Waals surface area contributed by atoms with E-state index in [1.165, 1.54) is 18.9 Å². The number of hydrogen-bond donors (Lipinski definition) is 1. The van der Waals surface area contributed by atoms with E-state index >= 15 is 0 Å². The van der Waals surface area contributed by atoms with Gasteiger partial charge in [0.05, 0.1) is 7.11 Å². The van der Waals surface area contributed by atoms with E-state index in [-0.39, 0.29) is 5.82 Å². The smallest absolute Gasteiger partial charge is 0.127 e. The van der Waals surface area contributed by atoms with Crippen LogP contribution in [0.2, 0.25) is 0 Å². The summed E-state index contributed by atoms with van der Waals surface area (Å²) in [5.41, 5.74) is 1.10. The van der Waals surface area contributed by atoms with Gasteiger partial charge >= 0.3 is 0 Å². The molecule has 2 bridgehead atoms. The third-order valence-electron chi connectivity index (χ3n) is 4.07. The van der Waals surface area contributed by atoms with E-state index in [0.717, 1.165) is 18.4 Å². The van der Waals surface area contributed by atoms with Gasteiger partial charge in [0, 0.05) is 18.2 Å². The lowest BCUT2D eigenvalue weighted by molar-refractivity contribution is 0.360. The summed E-state index contributed by atoms with van der Waals surface area (Å²) in [7, 11) is 1.59. The van der Waals surface area contributed by atoms with Crippen LogP contribution in [0.4, 0.5) is 4.39 Å². The van der Waals surface area contributed by atoms with Crippen molar-refractivity contribution in [3.63, 3.8) is 0 Å². The van der Waals surface area contributed by atoms with E-state index in [0.29, 0.717) is 23.8 Å². The number of hydrogen-bond acceptors (Lipinski definition) is 2. The van der Waals surface area contributed by atoms with Crippen LogP contribution in [0.1, 0.15) is 37.2 Å². The molecule has 2 heterocycles. The highest BCUT2D eigenvalue weighted by molar-refractivity contribution is 5.32. The lowest BCUT2D eigenvalue weighted by Gasteiger charge is -2.29. The normalized spacial score (nSPS) is 31.5. The second kappa shape index (κ2) is 4.30. The maximum atomic E-state index is 13.5. The van der Waals surface area contributed by atoms with Crippen molar-refractivity contribution in [2.45, 2.75) is 43.7 Å². The molecule has 2 fully saturated rings. The van der Waals surface area contributed by atoms with Crippen LogP contribution in [-0.4, -0.2) is 19.2 Å². The molecule has 0 amide bonds. The van der Waals surface area contributed by atoms with Gasteiger partial charge in [0.25, 0.3) is 0 Å². The molecule has 3 heteroatoms. The van der Waals surface area contributed by atoms with Crippen LogP contribution < -0.4 is 10.1 Å². The van der Waals surface area contributed by atoms with E-state index in [2.05, 4.69) is 5.32 Å². The van der Waals surface area contributed by atoms with Gasteiger partial charge in [-0.05, 0) is 49.3 Å². The topological polar surface area (TPSA) is 21.3 Å². The maximum absolute atomic E-state index is 13.5. The minimum absolute atomic E-state index is 0.190. The van der Waals surface area contributed by atoms with Crippen molar-refractivity contribution in [1.29, 1.82) is 0 Å². The molecule has 0 aromatic heterocycles. The number of methoxy groups -OCH3 is 1. The number of fused-ring (bicyclic) bond motifs is 2. The molecule has 0 radical (unpaired) electrons. The van der Waals surface area contributed by atoms with Crippen LogP contribution in [0.3, 0.4) is 0 Å². The highest BCUT2D eigenvalue weighted by atomic mass is 19.1. The van der Waals surface area contributed by atoms with Crippen LogP contribution in [0.25, 0.3) is 0 Å². The second-order valence-corrected chi connectivity index (χ2v) is 5.23. The Morgan fingerprint density at radius 2 is 1.88 bits per heavy atom. The molecule has 2 aliphatic rings. The highest BCUT2D eigenvalue weighted by Gasteiger charge is 2.34. The summed E-state index contributed by atoms with van der Waals surface area (Å²) in [5, 5.41) is 3.61. The van der Waals surface area contributed by atoms with Crippen molar-refractivity contribution < 1.29 is 9.13 Å². The van der Waals surface area contributed by atoms with Crippen molar-refractivity contribution >= 4 is 0 Å². The zero-order valence-electron chi connectivity index (χ0n) is 10.1. The van der Waals surface area contributed by atoms with Crippen molar-refractivity contribution in [2.24, 2.45) is 0 Å². The van der Waals surface area contributed by atoms with Gasteiger partial charge in [-0.3, -0.25) is 0 Å². The average molecular weight is 235 g/mol. The lowest BCUT2D eigenvalue weighted by Crippen LogP contribution is -2.37. The van der Waals surface area contributed by atoms with Gasteiger partial charge in [0.2, 0.25) is 0 Å². The van der Waals surface area contributed by atoms with Crippen LogP contribution in [0.15, 0.2) is 18.2 Å². The first-order chi connectivity index (χ1) is 8.24. The Hall–Kier alpha value is -1.09. The second-order valence-electron chi connectivity index (χ2n) is 5.23. The number of rotatable bonds is 2. The summed E-state index contributed by atoms with van der Waals surface area (Å²) >= 11 is 0. The minimum Gasteiger partial charge on any atom is -0.497 e. The molecule has 92 valence electrons. The van der Waals surface area contributed by atoms with Gasteiger partial charge in [0.1, 0.15) is 11.6 Å². The third kappa shape index (κ3) is 2.16. The number of piperidine rings is 1. The van der Waals surface area contributed by atoms with E-state index in [9.17, 15) is 4.39 Å². The molecule has 2 nitrogen and oxygen atoms in total. The standard InChI is InChI=1S/C14H18FNO/c1-17-14-7-9(4-11(15)8-14)10-5-12-2-3-13(6-10)16-12/h4,7-8,10,12-13,16H,2-3,5-6H2,1H3. The first kappa shape index (κ1) is 11.0. The molecule has 0 spiro atoms. The Labute approximate surface area is 101 Å². The zero-order valence-corrected chi connectivity index (χ0v) is 10.1. The Bertz CT molecular complexity index is 409. The summed E-state index contributed by atoms with van der Waals surface area (Å²) in [4.78, 5) is 0.